The molecule has 0 radical (unpaired) electrons. The van der Waals surface area contributed by atoms with Crippen molar-refractivity contribution in [2.24, 2.45) is 0 Å². The molecule has 0 aliphatic rings. The van der Waals surface area contributed by atoms with Crippen LogP contribution >= 0.6 is 136 Å². The zero-order chi connectivity index (χ0) is 47.7. The van der Waals surface area contributed by atoms with Gasteiger partial charge in [-0.3, -0.25) is 28.8 Å². The average Bonchev–Trinajstić information content (AvgIpc) is 3.22. The number of hydrogen-bond acceptors (Lipinski definition) is 15. The van der Waals surface area contributed by atoms with Crippen molar-refractivity contribution in [3.63, 3.8) is 0 Å². The Morgan fingerprint density at radius 3 is 1.02 bits per heavy atom. The summed E-state index contributed by atoms with van der Waals surface area (Å²) in [6.07, 6.45) is -7.84. The third kappa shape index (κ3) is 13.7. The van der Waals surface area contributed by atoms with Crippen LogP contribution in [0.25, 0.3) is 0 Å². The van der Waals surface area contributed by atoms with E-state index in [1.54, 1.807) is 136 Å². The predicted octanol–water partition coefficient (Wildman–Crippen LogP) is -1.68. The normalized spacial score (nSPS) is 13.7. The van der Waals surface area contributed by atoms with Gasteiger partial charge in [0.15, 0.2) is 0 Å². The van der Waals surface area contributed by atoms with E-state index in [0.717, 1.165) is 19.6 Å². The van der Waals surface area contributed by atoms with Crippen LogP contribution in [0.2, 0.25) is 0 Å². The summed E-state index contributed by atoms with van der Waals surface area (Å²) in [6, 6.07) is 0. The van der Waals surface area contributed by atoms with Gasteiger partial charge in [-0.05, 0) is 136 Å². The Hall–Kier alpha value is -0.720. The second-order valence-corrected chi connectivity index (χ2v) is 19.9. The van der Waals surface area contributed by atoms with Crippen LogP contribution in [0.3, 0.4) is 0 Å². The van der Waals surface area contributed by atoms with Gasteiger partial charge in [-0.1, -0.05) is 0 Å². The minimum atomic E-state index is -2.50. The van der Waals surface area contributed by atoms with Gasteiger partial charge in [0.25, 0.3) is 35.4 Å². The topological polar surface area (TPSA) is 322 Å². The number of rotatable bonds is 20. The molecule has 4 atom stereocenters. The number of amides is 6. The number of aliphatic hydroxyl groups excluding tert-OH is 9. The molecule has 0 aromatic heterocycles. The monoisotopic (exact) mass is 1550 g/mol. The Morgan fingerprint density at radius 1 is 0.468 bits per heavy atom. The van der Waals surface area contributed by atoms with Crippen LogP contribution in [0.15, 0.2) is 0 Å². The Morgan fingerprint density at radius 2 is 0.742 bits per heavy atom. The summed E-state index contributed by atoms with van der Waals surface area (Å²) in [6.45, 7) is -4.18. The highest BCUT2D eigenvalue weighted by Gasteiger charge is 2.39. The zero-order valence-electron chi connectivity index (χ0n) is 33.1. The van der Waals surface area contributed by atoms with Crippen molar-refractivity contribution in [1.82, 2.24) is 20.4 Å². The standard InChI is InChI=1S/C35H44I6N6O15/c1-44(7-15(54)11-50)32(59)19-21(36)17(30(57)42-5-13(52)9-48)23(38)27(25(19)40)46(3)34(61)29(56)35(62)47(4)28-24(39)18(31(58)43-6-14(53)10-49)22(37)20(26(28)41)33(60)45(2)8-16(55)12-51/h13-16,29,48-56H,5-12H2,1-4H3,(H,42,57)(H,43,58). The van der Waals surface area contributed by atoms with Gasteiger partial charge in [-0.25, -0.2) is 0 Å². The van der Waals surface area contributed by atoms with E-state index >= 15 is 0 Å². The number of carbonyl (C=O) groups is 6. The number of nitrogens with one attached hydrogen (secondary N) is 2. The molecular formula is C35H44I6N6O15. The molecule has 2 aromatic carbocycles. The lowest BCUT2D eigenvalue weighted by molar-refractivity contribution is -0.137. The third-order valence-corrected chi connectivity index (χ3v) is 15.1. The maximum atomic E-state index is 14.2. The van der Waals surface area contributed by atoms with Crippen molar-refractivity contribution in [3.8, 4) is 0 Å². The second-order valence-electron chi connectivity index (χ2n) is 13.4. The quantitative estimate of drug-likeness (QED) is 0.0521. The lowest BCUT2D eigenvalue weighted by Crippen LogP contribution is -2.48. The molecule has 27 heteroatoms. The number of hydrogen-bond donors (Lipinski definition) is 11. The van der Waals surface area contributed by atoms with Crippen LogP contribution in [0.5, 0.6) is 0 Å². The molecule has 11 N–H and O–H groups in total. The summed E-state index contributed by atoms with van der Waals surface area (Å²) in [5, 5.41) is 93.7. The summed E-state index contributed by atoms with van der Waals surface area (Å²) in [4.78, 5) is 87.3. The van der Waals surface area contributed by atoms with Gasteiger partial charge in [0, 0.05) is 61.5 Å². The minimum Gasteiger partial charge on any atom is -0.394 e. The summed E-state index contributed by atoms with van der Waals surface area (Å²) in [5.74, 6) is -5.68. The SMILES string of the molecule is CN(CC(O)CO)C(=O)c1c(I)c(C(=O)NCC(O)CO)c(I)c(N(C)C(=O)C(O)C(=O)N(C)c2c(I)c(C(=O)NCC(O)CO)c(I)c(C(=O)N(C)CC(O)CO)c2I)c1I. The summed E-state index contributed by atoms with van der Waals surface area (Å²) in [7, 11) is 4.99. The molecule has 0 heterocycles. The van der Waals surface area contributed by atoms with Crippen LogP contribution in [-0.2, 0) is 9.59 Å². The molecule has 0 aliphatic heterocycles. The summed E-state index contributed by atoms with van der Waals surface area (Å²) >= 11 is 10.5. The number of aliphatic hydroxyl groups is 9. The van der Waals surface area contributed by atoms with E-state index in [-0.39, 0.29) is 68.1 Å². The Balaban J connectivity index is 2.83. The van der Waals surface area contributed by atoms with E-state index in [1.807, 2.05) is 0 Å². The zero-order valence-corrected chi connectivity index (χ0v) is 46.0. The number of anilines is 2. The van der Waals surface area contributed by atoms with Crippen molar-refractivity contribution in [2.75, 3.05) is 90.6 Å². The molecule has 2 rings (SSSR count). The lowest BCUT2D eigenvalue weighted by atomic mass is 10.0. The van der Waals surface area contributed by atoms with Crippen molar-refractivity contribution in [2.45, 2.75) is 30.5 Å². The first-order valence-corrected chi connectivity index (χ1v) is 24.2. The fourth-order valence-electron chi connectivity index (χ4n) is 5.38. The number of benzene rings is 2. The first kappa shape index (κ1) is 57.4. The van der Waals surface area contributed by atoms with Crippen molar-refractivity contribution in [3.05, 3.63) is 43.7 Å². The molecule has 0 saturated carbocycles. The smallest absolute Gasteiger partial charge is 0.265 e. The van der Waals surface area contributed by atoms with E-state index in [2.05, 4.69) is 10.6 Å². The van der Waals surface area contributed by atoms with E-state index < -0.39 is 105 Å². The molecule has 346 valence electrons. The molecule has 0 bridgehead atoms. The van der Waals surface area contributed by atoms with E-state index in [0.29, 0.717) is 0 Å². The molecule has 4 unspecified atom stereocenters. The van der Waals surface area contributed by atoms with Gasteiger partial charge < -0.3 is 76.2 Å². The minimum absolute atomic E-state index is 0.0631. The summed E-state index contributed by atoms with van der Waals surface area (Å²) in [5.41, 5.74) is -0.790. The van der Waals surface area contributed by atoms with E-state index in [4.69, 9.17) is 0 Å². The Bertz CT molecular complexity index is 1900. The van der Waals surface area contributed by atoms with Gasteiger partial charge >= 0.3 is 0 Å². The molecule has 6 amide bonds. The first-order valence-electron chi connectivity index (χ1n) is 17.7. The third-order valence-electron chi connectivity index (χ3n) is 8.77. The molecule has 0 spiro atoms. The van der Waals surface area contributed by atoms with Gasteiger partial charge in [0.1, 0.15) is 0 Å². The van der Waals surface area contributed by atoms with Crippen LogP contribution < -0.4 is 20.4 Å². The van der Waals surface area contributed by atoms with E-state index in [1.165, 1.54) is 28.2 Å². The predicted molar refractivity (Wildman–Crippen MR) is 273 cm³/mol. The van der Waals surface area contributed by atoms with Crippen LogP contribution in [0, 0.1) is 21.4 Å². The van der Waals surface area contributed by atoms with Gasteiger partial charge in [0.2, 0.25) is 6.10 Å². The van der Waals surface area contributed by atoms with E-state index in [9.17, 15) is 74.7 Å². The van der Waals surface area contributed by atoms with Crippen LogP contribution in [0.1, 0.15) is 41.4 Å². The maximum Gasteiger partial charge on any atom is 0.265 e. The molecule has 62 heavy (non-hydrogen) atoms. The molecule has 0 aliphatic carbocycles. The van der Waals surface area contributed by atoms with Crippen molar-refractivity contribution >= 4 is 182 Å². The molecule has 0 saturated heterocycles. The number of halogens is 6. The Kier molecular flexibility index (Phi) is 24.1. The molecule has 0 fully saturated rings. The van der Waals surface area contributed by atoms with Gasteiger partial charge in [-0.2, -0.15) is 0 Å². The number of likely N-dealkylation sites (N-methyl/N-ethyl adjacent to an activating group) is 4. The fourth-order valence-corrected chi connectivity index (χ4v) is 15.1. The molecule has 21 nitrogen and oxygen atoms in total. The highest BCUT2D eigenvalue weighted by Crippen LogP contribution is 2.40. The van der Waals surface area contributed by atoms with Crippen molar-refractivity contribution in [1.29, 1.82) is 0 Å². The number of nitrogens with zero attached hydrogens (tertiary/aromatic N) is 4. The van der Waals surface area contributed by atoms with Gasteiger partial charge in [0.05, 0.1) is 98.8 Å². The molecular weight excluding hydrogens is 1510 g/mol. The van der Waals surface area contributed by atoms with Gasteiger partial charge in [-0.15, -0.1) is 0 Å². The number of carbonyl (C=O) groups excluding carboxylic acids is 6. The summed E-state index contributed by atoms with van der Waals surface area (Å²) < 4.78 is 0.439. The Labute approximate surface area is 437 Å². The van der Waals surface area contributed by atoms with Crippen molar-refractivity contribution < 1.29 is 74.7 Å². The fraction of sp³-hybridized carbons (Fsp3) is 0.486. The molecule has 2 aromatic rings. The van der Waals surface area contributed by atoms with Crippen LogP contribution in [0.4, 0.5) is 11.4 Å². The average molecular weight is 1550 g/mol. The maximum absolute atomic E-state index is 14.2. The second kappa shape index (κ2) is 26.0. The largest absolute Gasteiger partial charge is 0.394 e. The highest BCUT2D eigenvalue weighted by molar-refractivity contribution is 14.1. The highest BCUT2D eigenvalue weighted by atomic mass is 127. The first-order chi connectivity index (χ1) is 28.9. The van der Waals surface area contributed by atoms with Crippen LogP contribution in [-0.4, -0.2) is 203 Å². The lowest BCUT2D eigenvalue weighted by Gasteiger charge is -2.30.